The summed E-state index contributed by atoms with van der Waals surface area (Å²) in [6.07, 6.45) is -2.71. The van der Waals surface area contributed by atoms with Crippen molar-refractivity contribution in [3.63, 3.8) is 0 Å². The highest BCUT2D eigenvalue weighted by molar-refractivity contribution is 6.33. The molecule has 1 aromatic heterocycles. The van der Waals surface area contributed by atoms with E-state index in [2.05, 4.69) is 20.6 Å². The molecule has 7 nitrogen and oxygen atoms in total. The molecule has 0 saturated heterocycles. The van der Waals surface area contributed by atoms with E-state index < -0.39 is 22.4 Å². The lowest BCUT2D eigenvalue weighted by atomic mass is 10.1. The van der Waals surface area contributed by atoms with Crippen molar-refractivity contribution in [2.75, 3.05) is 10.6 Å². The van der Waals surface area contributed by atoms with Gasteiger partial charge in [-0.15, -0.1) is 0 Å². The molecule has 3 rings (SSSR count). The lowest BCUT2D eigenvalue weighted by Crippen LogP contribution is -2.08. The van der Waals surface area contributed by atoms with E-state index in [1.165, 1.54) is 0 Å². The molecule has 0 atom stereocenters. The smallest absolute Gasteiger partial charge is 0.334 e. The number of alkyl halides is 3. The standard InChI is InChI=1S/C19H15ClF3N5O2/c1-2-11-3-6-13(7-4-11)26-17-16(28(29)30)18(25-10-24-17)27-15-9-12(19(21,22)23)5-8-14(15)20/h3-10H,2H2,1H3,(H2,24,25,26,27). The number of nitro groups is 1. The molecule has 0 spiro atoms. The number of anilines is 4. The van der Waals surface area contributed by atoms with Gasteiger partial charge in [0.25, 0.3) is 0 Å². The summed E-state index contributed by atoms with van der Waals surface area (Å²) in [5.74, 6) is -0.422. The number of hydrogen-bond acceptors (Lipinski definition) is 6. The van der Waals surface area contributed by atoms with Crippen LogP contribution in [-0.4, -0.2) is 14.9 Å². The molecule has 2 N–H and O–H groups in total. The molecule has 0 radical (unpaired) electrons. The summed E-state index contributed by atoms with van der Waals surface area (Å²) >= 11 is 5.97. The van der Waals surface area contributed by atoms with E-state index in [-0.39, 0.29) is 22.3 Å². The first-order valence-corrected chi connectivity index (χ1v) is 9.06. The van der Waals surface area contributed by atoms with Crippen LogP contribution >= 0.6 is 11.6 Å². The summed E-state index contributed by atoms with van der Waals surface area (Å²) in [6, 6.07) is 9.81. The third-order valence-electron chi connectivity index (χ3n) is 4.18. The van der Waals surface area contributed by atoms with Crippen LogP contribution in [0.4, 0.5) is 41.9 Å². The minimum atomic E-state index is -4.60. The third kappa shape index (κ3) is 4.77. The van der Waals surface area contributed by atoms with Gasteiger partial charge in [0.2, 0.25) is 11.6 Å². The number of benzene rings is 2. The third-order valence-corrected chi connectivity index (χ3v) is 4.51. The Hall–Kier alpha value is -3.40. The predicted octanol–water partition coefficient (Wildman–Crippen LogP) is 6.11. The Morgan fingerprint density at radius 1 is 1.07 bits per heavy atom. The number of hydrogen-bond donors (Lipinski definition) is 2. The molecule has 0 unspecified atom stereocenters. The minimum absolute atomic E-state index is 0.0550. The number of nitrogens with one attached hydrogen (secondary N) is 2. The molecule has 2 aromatic carbocycles. The van der Waals surface area contributed by atoms with Crippen molar-refractivity contribution in [1.29, 1.82) is 0 Å². The van der Waals surface area contributed by atoms with Gasteiger partial charge in [0, 0.05) is 5.69 Å². The summed E-state index contributed by atoms with van der Waals surface area (Å²) in [5, 5.41) is 17.0. The first-order valence-electron chi connectivity index (χ1n) is 8.68. The Balaban J connectivity index is 1.98. The first kappa shape index (κ1) is 21.3. The number of nitrogens with zero attached hydrogens (tertiary/aromatic N) is 3. The van der Waals surface area contributed by atoms with Crippen LogP contribution in [0.5, 0.6) is 0 Å². The molecule has 0 aliphatic rings. The molecule has 0 aliphatic heterocycles. The summed E-state index contributed by atoms with van der Waals surface area (Å²) in [4.78, 5) is 18.7. The van der Waals surface area contributed by atoms with Gasteiger partial charge in [0.1, 0.15) is 6.33 Å². The number of rotatable bonds is 6. The van der Waals surface area contributed by atoms with E-state index >= 15 is 0 Å². The zero-order valence-corrected chi connectivity index (χ0v) is 16.3. The summed E-state index contributed by atoms with van der Waals surface area (Å²) in [5.41, 5.74) is -0.0334. The molecule has 0 bridgehead atoms. The molecule has 0 aliphatic carbocycles. The Kier molecular flexibility index (Phi) is 6.06. The van der Waals surface area contributed by atoms with E-state index in [1.807, 2.05) is 19.1 Å². The zero-order valence-electron chi connectivity index (χ0n) is 15.5. The molecular weight excluding hydrogens is 423 g/mol. The van der Waals surface area contributed by atoms with Crippen molar-refractivity contribution in [2.24, 2.45) is 0 Å². The molecule has 0 fully saturated rings. The molecule has 30 heavy (non-hydrogen) atoms. The van der Waals surface area contributed by atoms with E-state index in [0.717, 1.165) is 36.5 Å². The van der Waals surface area contributed by atoms with Crippen LogP contribution < -0.4 is 10.6 Å². The lowest BCUT2D eigenvalue weighted by Gasteiger charge is -2.13. The van der Waals surface area contributed by atoms with Gasteiger partial charge in [-0.2, -0.15) is 13.2 Å². The second-order valence-corrected chi connectivity index (χ2v) is 6.58. The van der Waals surface area contributed by atoms with Crippen LogP contribution in [0.2, 0.25) is 5.02 Å². The largest absolute Gasteiger partial charge is 0.416 e. The highest BCUT2D eigenvalue weighted by Crippen LogP contribution is 2.37. The lowest BCUT2D eigenvalue weighted by molar-refractivity contribution is -0.383. The fourth-order valence-electron chi connectivity index (χ4n) is 2.62. The zero-order chi connectivity index (χ0) is 21.9. The van der Waals surface area contributed by atoms with E-state index in [0.29, 0.717) is 5.69 Å². The molecule has 0 amide bonds. The Morgan fingerprint density at radius 3 is 2.27 bits per heavy atom. The molecule has 3 aromatic rings. The van der Waals surface area contributed by atoms with E-state index in [4.69, 9.17) is 11.6 Å². The number of aromatic nitrogens is 2. The van der Waals surface area contributed by atoms with E-state index in [1.54, 1.807) is 12.1 Å². The second-order valence-electron chi connectivity index (χ2n) is 6.17. The summed E-state index contributed by atoms with van der Waals surface area (Å²) in [7, 11) is 0. The van der Waals surface area contributed by atoms with Gasteiger partial charge < -0.3 is 10.6 Å². The van der Waals surface area contributed by atoms with Gasteiger partial charge >= 0.3 is 11.9 Å². The van der Waals surface area contributed by atoms with Crippen LogP contribution in [0.1, 0.15) is 18.1 Å². The van der Waals surface area contributed by atoms with Gasteiger partial charge in [0.05, 0.1) is 21.2 Å². The summed E-state index contributed by atoms with van der Waals surface area (Å²) in [6.45, 7) is 1.99. The maximum absolute atomic E-state index is 13.0. The summed E-state index contributed by atoms with van der Waals surface area (Å²) < 4.78 is 39.0. The number of aryl methyl sites for hydroxylation is 1. The van der Waals surface area contributed by atoms with E-state index in [9.17, 15) is 23.3 Å². The Bertz CT molecular complexity index is 1070. The predicted molar refractivity (Wildman–Crippen MR) is 108 cm³/mol. The van der Waals surface area contributed by atoms with Crippen molar-refractivity contribution in [2.45, 2.75) is 19.5 Å². The highest BCUT2D eigenvalue weighted by atomic mass is 35.5. The Labute approximate surface area is 174 Å². The monoisotopic (exact) mass is 437 g/mol. The van der Waals surface area contributed by atoms with Gasteiger partial charge in [-0.1, -0.05) is 30.7 Å². The van der Waals surface area contributed by atoms with Crippen molar-refractivity contribution < 1.29 is 18.1 Å². The fourth-order valence-corrected chi connectivity index (χ4v) is 2.78. The van der Waals surface area contributed by atoms with Crippen molar-refractivity contribution in [3.05, 3.63) is 75.1 Å². The number of halogens is 4. The van der Waals surface area contributed by atoms with Crippen LogP contribution in [-0.2, 0) is 12.6 Å². The van der Waals surface area contributed by atoms with Crippen molar-refractivity contribution in [3.8, 4) is 0 Å². The average Bonchev–Trinajstić information content (AvgIpc) is 2.69. The molecular formula is C19H15ClF3N5O2. The van der Waals surface area contributed by atoms with Crippen molar-refractivity contribution in [1.82, 2.24) is 9.97 Å². The SMILES string of the molecule is CCc1ccc(Nc2ncnc(Nc3cc(C(F)(F)F)ccc3Cl)c2[N+](=O)[O-])cc1. The van der Waals surface area contributed by atoms with Crippen molar-refractivity contribution >= 4 is 40.3 Å². The van der Waals surface area contributed by atoms with Crippen LogP contribution in [0.3, 0.4) is 0 Å². The van der Waals surface area contributed by atoms with Crippen LogP contribution in [0, 0.1) is 10.1 Å². The fraction of sp³-hybridized carbons (Fsp3) is 0.158. The van der Waals surface area contributed by atoms with Gasteiger partial charge in [-0.05, 0) is 42.3 Å². The molecule has 156 valence electrons. The maximum Gasteiger partial charge on any atom is 0.416 e. The highest BCUT2D eigenvalue weighted by Gasteiger charge is 2.31. The second kappa shape index (κ2) is 8.54. The average molecular weight is 438 g/mol. The van der Waals surface area contributed by atoms with Gasteiger partial charge in [-0.3, -0.25) is 10.1 Å². The normalized spacial score (nSPS) is 11.2. The minimum Gasteiger partial charge on any atom is -0.334 e. The Morgan fingerprint density at radius 2 is 1.70 bits per heavy atom. The maximum atomic E-state index is 13.0. The van der Waals surface area contributed by atoms with Gasteiger partial charge in [0.15, 0.2) is 0 Å². The van der Waals surface area contributed by atoms with Crippen LogP contribution in [0.25, 0.3) is 0 Å². The first-order chi connectivity index (χ1) is 14.2. The van der Waals surface area contributed by atoms with Gasteiger partial charge in [-0.25, -0.2) is 9.97 Å². The molecule has 11 heteroatoms. The molecule has 1 heterocycles. The van der Waals surface area contributed by atoms with Crippen LogP contribution in [0.15, 0.2) is 48.8 Å². The quantitative estimate of drug-likeness (QED) is 0.357. The topological polar surface area (TPSA) is 93.0 Å². The molecule has 0 saturated carbocycles.